The van der Waals surface area contributed by atoms with Crippen LogP contribution in [0.5, 0.6) is 11.5 Å². The van der Waals surface area contributed by atoms with Gasteiger partial charge in [0.1, 0.15) is 0 Å². The molecule has 1 aromatic carbocycles. The van der Waals surface area contributed by atoms with Gasteiger partial charge in [-0.1, -0.05) is 0 Å². The summed E-state index contributed by atoms with van der Waals surface area (Å²) in [6.07, 6.45) is 1.93. The fourth-order valence-electron chi connectivity index (χ4n) is 1.28. The monoisotopic (exact) mass is 226 g/mol. The number of ether oxygens (including phenoxy) is 2. The molecule has 0 radical (unpaired) electrons. The molecule has 82 valence electrons. The third kappa shape index (κ3) is 2.45. The second-order valence-corrected chi connectivity index (χ2v) is 3.82. The lowest BCUT2D eigenvalue weighted by Gasteiger charge is -2.12. The number of methoxy groups -OCH3 is 2. The van der Waals surface area contributed by atoms with E-state index in [1.807, 2.05) is 12.3 Å². The molecule has 1 aromatic rings. The van der Waals surface area contributed by atoms with Gasteiger partial charge in [0.15, 0.2) is 17.3 Å². The second-order valence-electron chi connectivity index (χ2n) is 2.97. The summed E-state index contributed by atoms with van der Waals surface area (Å²) < 4.78 is 10.4. The summed E-state index contributed by atoms with van der Waals surface area (Å²) in [6.45, 7) is 1.53. The number of rotatable bonds is 4. The lowest BCUT2D eigenvalue weighted by molar-refractivity contribution is 0.101. The number of benzene rings is 1. The standard InChI is InChI=1S/C11H14O3S/c1-7(12)8-5-9(13-2)11(14-3)10(6-8)15-4/h5-6H,1-4H3. The van der Waals surface area contributed by atoms with Gasteiger partial charge in [-0.3, -0.25) is 4.79 Å². The van der Waals surface area contributed by atoms with E-state index in [4.69, 9.17) is 9.47 Å². The van der Waals surface area contributed by atoms with Gasteiger partial charge in [-0.15, -0.1) is 11.8 Å². The van der Waals surface area contributed by atoms with E-state index in [9.17, 15) is 4.79 Å². The van der Waals surface area contributed by atoms with Gasteiger partial charge in [-0.25, -0.2) is 0 Å². The third-order valence-electron chi connectivity index (χ3n) is 2.07. The van der Waals surface area contributed by atoms with Gasteiger partial charge < -0.3 is 9.47 Å². The molecular formula is C11H14O3S. The second kappa shape index (κ2) is 5.07. The molecular weight excluding hydrogens is 212 g/mol. The summed E-state index contributed by atoms with van der Waals surface area (Å²) in [5.41, 5.74) is 0.636. The van der Waals surface area contributed by atoms with Crippen LogP contribution in [0.4, 0.5) is 0 Å². The lowest BCUT2D eigenvalue weighted by Crippen LogP contribution is -1.98. The highest BCUT2D eigenvalue weighted by atomic mass is 32.2. The van der Waals surface area contributed by atoms with Crippen LogP contribution in [0.15, 0.2) is 17.0 Å². The Kier molecular flexibility index (Phi) is 4.03. The van der Waals surface area contributed by atoms with Crippen molar-refractivity contribution in [1.82, 2.24) is 0 Å². The molecule has 0 aliphatic rings. The Balaban J connectivity index is 3.35. The molecule has 0 atom stereocenters. The number of ketones is 1. The number of carbonyl (C=O) groups is 1. The van der Waals surface area contributed by atoms with E-state index >= 15 is 0 Å². The topological polar surface area (TPSA) is 35.5 Å². The molecule has 0 saturated heterocycles. The Morgan fingerprint density at radius 3 is 2.33 bits per heavy atom. The van der Waals surface area contributed by atoms with Crippen molar-refractivity contribution in [3.8, 4) is 11.5 Å². The van der Waals surface area contributed by atoms with Gasteiger partial charge in [0.05, 0.1) is 19.1 Å². The molecule has 0 saturated carbocycles. The fraction of sp³-hybridized carbons (Fsp3) is 0.364. The van der Waals surface area contributed by atoms with Crippen LogP contribution >= 0.6 is 11.8 Å². The number of hydrogen-bond donors (Lipinski definition) is 0. The van der Waals surface area contributed by atoms with Gasteiger partial charge in [0.2, 0.25) is 0 Å². The Morgan fingerprint density at radius 1 is 1.27 bits per heavy atom. The van der Waals surface area contributed by atoms with Gasteiger partial charge in [0, 0.05) is 5.56 Å². The molecule has 0 spiro atoms. The average Bonchev–Trinajstić information content (AvgIpc) is 2.26. The zero-order chi connectivity index (χ0) is 11.4. The predicted octanol–water partition coefficient (Wildman–Crippen LogP) is 2.63. The van der Waals surface area contributed by atoms with Crippen molar-refractivity contribution < 1.29 is 14.3 Å². The van der Waals surface area contributed by atoms with E-state index in [-0.39, 0.29) is 5.78 Å². The van der Waals surface area contributed by atoms with Crippen LogP contribution < -0.4 is 9.47 Å². The quantitative estimate of drug-likeness (QED) is 0.584. The molecule has 0 aliphatic carbocycles. The largest absolute Gasteiger partial charge is 0.493 e. The van der Waals surface area contributed by atoms with E-state index in [0.717, 1.165) is 4.90 Å². The minimum Gasteiger partial charge on any atom is -0.493 e. The Morgan fingerprint density at radius 2 is 1.93 bits per heavy atom. The molecule has 0 fully saturated rings. The molecule has 0 heterocycles. The minimum absolute atomic E-state index is 0.0197. The smallest absolute Gasteiger partial charge is 0.174 e. The van der Waals surface area contributed by atoms with E-state index in [1.54, 1.807) is 20.3 Å². The maximum absolute atomic E-state index is 11.3. The summed E-state index contributed by atoms with van der Waals surface area (Å²) >= 11 is 1.52. The number of hydrogen-bond acceptors (Lipinski definition) is 4. The first-order valence-corrected chi connectivity index (χ1v) is 5.67. The van der Waals surface area contributed by atoms with Crippen molar-refractivity contribution in [2.24, 2.45) is 0 Å². The highest BCUT2D eigenvalue weighted by Crippen LogP contribution is 2.37. The van der Waals surface area contributed by atoms with Gasteiger partial charge >= 0.3 is 0 Å². The van der Waals surface area contributed by atoms with Gasteiger partial charge in [-0.05, 0) is 25.3 Å². The zero-order valence-corrected chi connectivity index (χ0v) is 10.1. The molecule has 0 N–H and O–H groups in total. The number of thioether (sulfide) groups is 1. The van der Waals surface area contributed by atoms with Crippen LogP contribution in [-0.4, -0.2) is 26.3 Å². The fourth-order valence-corrected chi connectivity index (χ4v) is 1.90. The molecule has 4 heteroatoms. The summed E-state index contributed by atoms with van der Waals surface area (Å²) in [5.74, 6) is 1.29. The van der Waals surface area contributed by atoms with Crippen LogP contribution in [0, 0.1) is 0 Å². The van der Waals surface area contributed by atoms with Crippen LogP contribution in [0.2, 0.25) is 0 Å². The first kappa shape index (κ1) is 11.9. The Bertz CT molecular complexity index is 349. The molecule has 1 rings (SSSR count). The summed E-state index contributed by atoms with van der Waals surface area (Å²) in [4.78, 5) is 12.2. The SMILES string of the molecule is COc1cc(C(C)=O)cc(SC)c1OC. The van der Waals surface area contributed by atoms with E-state index in [0.29, 0.717) is 17.1 Å². The highest BCUT2D eigenvalue weighted by molar-refractivity contribution is 7.98. The normalized spacial score (nSPS) is 9.87. The summed E-state index contributed by atoms with van der Waals surface area (Å²) in [7, 11) is 3.15. The van der Waals surface area contributed by atoms with Crippen molar-refractivity contribution in [3.63, 3.8) is 0 Å². The molecule has 0 unspecified atom stereocenters. The first-order chi connectivity index (χ1) is 7.13. The first-order valence-electron chi connectivity index (χ1n) is 4.45. The Labute approximate surface area is 93.8 Å². The van der Waals surface area contributed by atoms with E-state index < -0.39 is 0 Å². The van der Waals surface area contributed by atoms with Crippen molar-refractivity contribution in [2.75, 3.05) is 20.5 Å². The van der Waals surface area contributed by atoms with Crippen LogP contribution in [0.25, 0.3) is 0 Å². The summed E-state index contributed by atoms with van der Waals surface area (Å²) in [5, 5.41) is 0. The third-order valence-corrected chi connectivity index (χ3v) is 2.81. The molecule has 0 bridgehead atoms. The lowest BCUT2D eigenvalue weighted by atomic mass is 10.1. The average molecular weight is 226 g/mol. The van der Waals surface area contributed by atoms with Crippen molar-refractivity contribution in [3.05, 3.63) is 17.7 Å². The van der Waals surface area contributed by atoms with Crippen molar-refractivity contribution >= 4 is 17.5 Å². The van der Waals surface area contributed by atoms with E-state index in [2.05, 4.69) is 0 Å². The zero-order valence-electron chi connectivity index (χ0n) is 9.29. The number of carbonyl (C=O) groups excluding carboxylic acids is 1. The Hall–Kier alpha value is -1.16. The minimum atomic E-state index is 0.0197. The molecule has 0 aromatic heterocycles. The summed E-state index contributed by atoms with van der Waals surface area (Å²) in [6, 6.07) is 3.51. The van der Waals surface area contributed by atoms with E-state index in [1.165, 1.54) is 18.7 Å². The van der Waals surface area contributed by atoms with Crippen LogP contribution in [-0.2, 0) is 0 Å². The molecule has 0 amide bonds. The number of Topliss-reactive ketones (excluding diaryl/α,β-unsaturated/α-hetero) is 1. The van der Waals surface area contributed by atoms with Crippen LogP contribution in [0.1, 0.15) is 17.3 Å². The predicted molar refractivity (Wildman–Crippen MR) is 61.3 cm³/mol. The van der Waals surface area contributed by atoms with Crippen molar-refractivity contribution in [2.45, 2.75) is 11.8 Å². The highest BCUT2D eigenvalue weighted by Gasteiger charge is 2.13. The van der Waals surface area contributed by atoms with Gasteiger partial charge in [0.25, 0.3) is 0 Å². The van der Waals surface area contributed by atoms with Crippen molar-refractivity contribution in [1.29, 1.82) is 0 Å². The van der Waals surface area contributed by atoms with Gasteiger partial charge in [-0.2, -0.15) is 0 Å². The maximum atomic E-state index is 11.3. The molecule has 15 heavy (non-hydrogen) atoms. The molecule has 3 nitrogen and oxygen atoms in total. The maximum Gasteiger partial charge on any atom is 0.174 e. The van der Waals surface area contributed by atoms with Crippen LogP contribution in [0.3, 0.4) is 0 Å². The molecule has 0 aliphatic heterocycles.